The minimum Gasteiger partial charge on any atom is -0.371 e. The molecule has 3 N–H and O–H groups in total. The number of benzene rings is 1. The molecule has 0 bridgehead atoms. The summed E-state index contributed by atoms with van der Waals surface area (Å²) in [5, 5.41) is 2.87. The van der Waals surface area contributed by atoms with Crippen molar-refractivity contribution in [3.05, 3.63) is 22.2 Å². The van der Waals surface area contributed by atoms with Gasteiger partial charge in [-0.2, -0.15) is 0 Å². The van der Waals surface area contributed by atoms with Crippen molar-refractivity contribution in [2.75, 3.05) is 23.3 Å². The Hall–Kier alpha value is -1.07. The topological polar surface area (TPSA) is 58.4 Å². The Balaban J connectivity index is 1.85. The predicted octanol–water partition coefficient (Wildman–Crippen LogP) is 3.42. The van der Waals surface area contributed by atoms with E-state index >= 15 is 0 Å². The van der Waals surface area contributed by atoms with Gasteiger partial charge in [0, 0.05) is 28.8 Å². The van der Waals surface area contributed by atoms with Gasteiger partial charge in [0.2, 0.25) is 5.91 Å². The number of anilines is 2. The summed E-state index contributed by atoms with van der Waals surface area (Å²) in [4.78, 5) is 14.1. The molecule has 2 heterocycles. The van der Waals surface area contributed by atoms with Crippen LogP contribution >= 0.6 is 15.9 Å². The molecule has 114 valence electrons. The van der Waals surface area contributed by atoms with Gasteiger partial charge in [0.25, 0.3) is 0 Å². The van der Waals surface area contributed by atoms with Gasteiger partial charge in [0.05, 0.1) is 5.69 Å². The first-order chi connectivity index (χ1) is 9.93. The standard InChI is InChI=1S/C16H22BrN3O/c1-3-16(2)4-6-20(7-5-16)13-9-12-10(8-11(13)17)14(18)15(21)19-12/h8-9,14H,3-7,18H2,1-2H3,(H,19,21). The van der Waals surface area contributed by atoms with Crippen LogP contribution in [0, 0.1) is 5.41 Å². The molecule has 1 amide bonds. The fourth-order valence-electron chi connectivity index (χ4n) is 3.18. The monoisotopic (exact) mass is 351 g/mol. The molecular formula is C16H22BrN3O. The summed E-state index contributed by atoms with van der Waals surface area (Å²) in [6.45, 7) is 6.77. The van der Waals surface area contributed by atoms with Gasteiger partial charge in [-0.05, 0) is 46.3 Å². The van der Waals surface area contributed by atoms with Crippen molar-refractivity contribution >= 4 is 33.2 Å². The van der Waals surface area contributed by atoms with Crippen molar-refractivity contribution in [1.82, 2.24) is 0 Å². The molecule has 1 saturated heterocycles. The number of fused-ring (bicyclic) bond motifs is 1. The molecule has 0 spiro atoms. The molecular weight excluding hydrogens is 330 g/mol. The van der Waals surface area contributed by atoms with Crippen LogP contribution in [0.3, 0.4) is 0 Å². The molecule has 1 atom stereocenters. The fraction of sp³-hybridized carbons (Fsp3) is 0.562. The third-order valence-corrected chi connectivity index (χ3v) is 5.79. The molecule has 1 aromatic carbocycles. The zero-order valence-corrected chi connectivity index (χ0v) is 14.2. The lowest BCUT2D eigenvalue weighted by Gasteiger charge is -2.40. The minimum atomic E-state index is -0.546. The van der Waals surface area contributed by atoms with Gasteiger partial charge in [-0.15, -0.1) is 0 Å². The van der Waals surface area contributed by atoms with Gasteiger partial charge in [-0.3, -0.25) is 4.79 Å². The zero-order chi connectivity index (χ0) is 15.2. The van der Waals surface area contributed by atoms with Crippen LogP contribution in [-0.4, -0.2) is 19.0 Å². The van der Waals surface area contributed by atoms with Crippen LogP contribution in [0.5, 0.6) is 0 Å². The van der Waals surface area contributed by atoms with E-state index in [2.05, 4.69) is 46.1 Å². The molecule has 0 radical (unpaired) electrons. The third kappa shape index (κ3) is 2.57. The highest BCUT2D eigenvalue weighted by Gasteiger charge is 2.32. The van der Waals surface area contributed by atoms with Gasteiger partial charge >= 0.3 is 0 Å². The normalized spacial score (nSPS) is 23.9. The number of nitrogens with two attached hydrogens (primary N) is 1. The van der Waals surface area contributed by atoms with Crippen molar-refractivity contribution in [1.29, 1.82) is 0 Å². The van der Waals surface area contributed by atoms with Crippen molar-refractivity contribution in [2.24, 2.45) is 11.1 Å². The summed E-state index contributed by atoms with van der Waals surface area (Å²) in [5.74, 6) is -0.119. The molecule has 1 fully saturated rings. The van der Waals surface area contributed by atoms with Crippen molar-refractivity contribution in [2.45, 2.75) is 39.2 Å². The molecule has 2 aliphatic heterocycles. The highest BCUT2D eigenvalue weighted by Crippen LogP contribution is 2.41. The largest absolute Gasteiger partial charge is 0.371 e. The summed E-state index contributed by atoms with van der Waals surface area (Å²) in [7, 11) is 0. The Bertz CT molecular complexity index is 579. The van der Waals surface area contributed by atoms with Crippen molar-refractivity contribution in [3.8, 4) is 0 Å². The van der Waals surface area contributed by atoms with Crippen LogP contribution in [0.15, 0.2) is 16.6 Å². The second-order valence-corrected chi connectivity index (χ2v) is 7.36. The fourth-order valence-corrected chi connectivity index (χ4v) is 3.79. The Labute approximate surface area is 134 Å². The summed E-state index contributed by atoms with van der Waals surface area (Å²) in [6, 6.07) is 3.50. The Kier molecular flexibility index (Phi) is 3.74. The molecule has 2 aliphatic rings. The molecule has 3 rings (SSSR count). The highest BCUT2D eigenvalue weighted by atomic mass is 79.9. The van der Waals surface area contributed by atoms with Crippen molar-refractivity contribution < 1.29 is 4.79 Å². The van der Waals surface area contributed by atoms with E-state index in [1.165, 1.54) is 19.3 Å². The molecule has 21 heavy (non-hydrogen) atoms. The maximum Gasteiger partial charge on any atom is 0.245 e. The van der Waals surface area contributed by atoms with Crippen LogP contribution in [-0.2, 0) is 4.79 Å². The molecule has 1 unspecified atom stereocenters. The first-order valence-corrected chi connectivity index (χ1v) is 8.38. The number of amides is 1. The Morgan fingerprint density at radius 1 is 1.43 bits per heavy atom. The third-order valence-electron chi connectivity index (χ3n) is 5.16. The van der Waals surface area contributed by atoms with E-state index in [1.807, 2.05) is 6.07 Å². The molecule has 4 nitrogen and oxygen atoms in total. The van der Waals surface area contributed by atoms with Crippen LogP contribution in [0.25, 0.3) is 0 Å². The highest BCUT2D eigenvalue weighted by molar-refractivity contribution is 9.10. The van der Waals surface area contributed by atoms with Crippen LogP contribution in [0.2, 0.25) is 0 Å². The lowest BCUT2D eigenvalue weighted by Crippen LogP contribution is -2.38. The number of hydrogen-bond acceptors (Lipinski definition) is 3. The zero-order valence-electron chi connectivity index (χ0n) is 12.6. The van der Waals surface area contributed by atoms with E-state index in [4.69, 9.17) is 5.73 Å². The SMILES string of the molecule is CCC1(C)CCN(c2cc3c(cc2Br)C(N)C(=O)N3)CC1. The molecule has 1 aromatic rings. The molecule has 0 aromatic heterocycles. The second kappa shape index (κ2) is 5.29. The summed E-state index contributed by atoms with van der Waals surface area (Å²) in [6.07, 6.45) is 3.65. The number of piperidine rings is 1. The van der Waals surface area contributed by atoms with Gasteiger partial charge in [0.15, 0.2) is 0 Å². The summed E-state index contributed by atoms with van der Waals surface area (Å²) >= 11 is 3.64. The van der Waals surface area contributed by atoms with Gasteiger partial charge < -0.3 is 16.0 Å². The van der Waals surface area contributed by atoms with E-state index in [9.17, 15) is 4.79 Å². The number of carbonyl (C=O) groups excluding carboxylic acids is 1. The average molecular weight is 352 g/mol. The van der Waals surface area contributed by atoms with E-state index < -0.39 is 6.04 Å². The van der Waals surface area contributed by atoms with Crippen LogP contribution in [0.1, 0.15) is 44.7 Å². The molecule has 5 heteroatoms. The van der Waals surface area contributed by atoms with Gasteiger partial charge in [0.1, 0.15) is 6.04 Å². The van der Waals surface area contributed by atoms with Crippen LogP contribution in [0.4, 0.5) is 11.4 Å². The predicted molar refractivity (Wildman–Crippen MR) is 89.5 cm³/mol. The quantitative estimate of drug-likeness (QED) is 0.858. The maximum atomic E-state index is 11.7. The number of hydrogen-bond donors (Lipinski definition) is 2. The second-order valence-electron chi connectivity index (χ2n) is 6.51. The first kappa shape index (κ1) is 14.9. The molecule has 0 saturated carbocycles. The van der Waals surface area contributed by atoms with Gasteiger partial charge in [-0.1, -0.05) is 20.3 Å². The Morgan fingerprint density at radius 2 is 2.10 bits per heavy atom. The van der Waals surface area contributed by atoms with Crippen molar-refractivity contribution in [3.63, 3.8) is 0 Å². The Morgan fingerprint density at radius 3 is 2.71 bits per heavy atom. The van der Waals surface area contributed by atoms with Gasteiger partial charge in [-0.25, -0.2) is 0 Å². The number of nitrogens with one attached hydrogen (secondary N) is 1. The maximum absolute atomic E-state index is 11.7. The lowest BCUT2D eigenvalue weighted by molar-refractivity contribution is -0.116. The lowest BCUT2D eigenvalue weighted by atomic mass is 9.78. The minimum absolute atomic E-state index is 0.119. The average Bonchev–Trinajstić information content (AvgIpc) is 2.75. The van der Waals surface area contributed by atoms with E-state index in [-0.39, 0.29) is 5.91 Å². The van der Waals surface area contributed by atoms with Crippen LogP contribution < -0.4 is 16.0 Å². The van der Waals surface area contributed by atoms with E-state index in [1.54, 1.807) is 0 Å². The smallest absolute Gasteiger partial charge is 0.245 e. The summed E-state index contributed by atoms with van der Waals surface area (Å²) < 4.78 is 1.02. The van der Waals surface area contributed by atoms with E-state index in [0.29, 0.717) is 5.41 Å². The van der Waals surface area contributed by atoms with E-state index in [0.717, 1.165) is 34.5 Å². The number of nitrogens with zero attached hydrogens (tertiary/aromatic N) is 1. The first-order valence-electron chi connectivity index (χ1n) is 7.58. The summed E-state index contributed by atoms with van der Waals surface area (Å²) in [5.41, 5.74) is 9.25. The number of rotatable bonds is 2. The number of carbonyl (C=O) groups is 1. The number of halogens is 1. The molecule has 0 aliphatic carbocycles.